The number of rotatable bonds is 8. The van der Waals surface area contributed by atoms with Gasteiger partial charge in [0.25, 0.3) is 15.9 Å². The van der Waals surface area contributed by atoms with Gasteiger partial charge in [-0.25, -0.2) is 18.1 Å². The predicted octanol–water partition coefficient (Wildman–Crippen LogP) is 6.09. The van der Waals surface area contributed by atoms with Gasteiger partial charge in [-0.05, 0) is 107 Å². The maximum Gasteiger partial charge on any atom is 0.264 e. The minimum Gasteiger partial charge on any atom is -0.475 e. The number of aromatic nitrogens is 2. The number of sulfonamides is 1. The first-order chi connectivity index (χ1) is 23.0. The quantitative estimate of drug-likeness (QED) is 0.286. The summed E-state index contributed by atoms with van der Waals surface area (Å²) in [7, 11) is -4.11. The van der Waals surface area contributed by atoms with Gasteiger partial charge >= 0.3 is 0 Å². The van der Waals surface area contributed by atoms with Gasteiger partial charge in [-0.1, -0.05) is 38.1 Å². The molecule has 1 N–H and O–H groups in total. The first kappa shape index (κ1) is 34.3. The SMILES string of the molecule is CCOCCN1CCC2(CC1)CC(N1C(=O)c3cccc(c3)S(=O)(=O)Nc3nc(cc(-c4c(C)cccc4C)n3)OC[C@H]1CC(C)C)C2. The highest BCUT2D eigenvalue weighted by molar-refractivity contribution is 7.92. The zero-order chi connectivity index (χ0) is 34.1. The lowest BCUT2D eigenvalue weighted by Gasteiger charge is -2.56. The summed E-state index contributed by atoms with van der Waals surface area (Å²) >= 11 is 0. The van der Waals surface area contributed by atoms with Gasteiger partial charge < -0.3 is 19.3 Å². The Morgan fingerprint density at radius 2 is 1.75 bits per heavy atom. The van der Waals surface area contributed by atoms with Crippen LogP contribution in [0.25, 0.3) is 11.3 Å². The standard InChI is InChI=1S/C37H49N5O5S/c1-6-46-18-17-41-15-13-37(14-16-41)22-30(23-37)42-29(19-25(2)3)24-47-33-21-32(34-26(4)9-7-10-27(34)5)38-36(39-33)40-48(44,45)31-12-8-11-28(20-31)35(42)43/h7-12,20-21,25,29-30H,6,13-19,22-24H2,1-5H3,(H,38,39,40)/t29-/m1/s1. The third-order valence-electron chi connectivity index (χ3n) is 10.3. The Kier molecular flexibility index (Phi) is 10.1. The third kappa shape index (κ3) is 7.38. The van der Waals surface area contributed by atoms with Crippen LogP contribution in [0.1, 0.15) is 74.4 Å². The van der Waals surface area contributed by atoms with E-state index in [0.29, 0.717) is 17.2 Å². The fraction of sp³-hybridized carbons (Fsp3) is 0.541. The zero-order valence-electron chi connectivity index (χ0n) is 28.9. The number of amides is 1. The van der Waals surface area contributed by atoms with E-state index >= 15 is 0 Å². The van der Waals surface area contributed by atoms with Crippen molar-refractivity contribution in [2.75, 3.05) is 44.2 Å². The Labute approximate surface area is 285 Å². The van der Waals surface area contributed by atoms with Crippen LogP contribution >= 0.6 is 0 Å². The lowest BCUT2D eigenvalue weighted by molar-refractivity contribution is -0.0550. The molecule has 3 heterocycles. The number of nitrogens with zero attached hydrogens (tertiary/aromatic N) is 4. The minimum atomic E-state index is -4.11. The second-order valence-corrected chi connectivity index (χ2v) is 15.9. The molecule has 1 spiro atoms. The molecular formula is C37H49N5O5S. The molecule has 3 aromatic rings. The van der Waals surface area contributed by atoms with Crippen molar-refractivity contribution in [3.8, 4) is 17.1 Å². The molecule has 2 aromatic carbocycles. The second-order valence-electron chi connectivity index (χ2n) is 14.2. The van der Waals surface area contributed by atoms with Crippen molar-refractivity contribution in [1.29, 1.82) is 0 Å². The number of aryl methyl sites for hydroxylation is 2. The number of fused-ring (bicyclic) bond motifs is 4. The van der Waals surface area contributed by atoms with E-state index in [1.165, 1.54) is 12.1 Å². The maximum absolute atomic E-state index is 14.5. The van der Waals surface area contributed by atoms with Gasteiger partial charge in [0.1, 0.15) is 6.61 Å². The molecule has 2 fully saturated rings. The Hall–Kier alpha value is -3.54. The van der Waals surface area contributed by atoms with Crippen LogP contribution in [0.2, 0.25) is 0 Å². The zero-order valence-corrected chi connectivity index (χ0v) is 29.7. The number of ether oxygens (including phenoxy) is 2. The molecule has 1 amide bonds. The molecule has 6 rings (SSSR count). The number of carbonyl (C=O) groups is 1. The van der Waals surface area contributed by atoms with Crippen molar-refractivity contribution < 1.29 is 22.7 Å². The Morgan fingerprint density at radius 1 is 1.04 bits per heavy atom. The number of nitrogens with one attached hydrogen (secondary N) is 1. The molecule has 1 atom stereocenters. The number of anilines is 1. The number of carbonyl (C=O) groups excluding carboxylic acids is 1. The Morgan fingerprint density at radius 3 is 2.44 bits per heavy atom. The molecular weight excluding hydrogens is 627 g/mol. The largest absolute Gasteiger partial charge is 0.475 e. The average molecular weight is 676 g/mol. The van der Waals surface area contributed by atoms with Crippen LogP contribution in [0.15, 0.2) is 53.4 Å². The van der Waals surface area contributed by atoms with Crippen molar-refractivity contribution in [2.24, 2.45) is 11.3 Å². The first-order valence-corrected chi connectivity index (χ1v) is 18.8. The smallest absolute Gasteiger partial charge is 0.264 e. The summed E-state index contributed by atoms with van der Waals surface area (Å²) in [5.41, 5.74) is 4.05. The second kappa shape index (κ2) is 14.1. The molecule has 2 aliphatic heterocycles. The third-order valence-corrected chi connectivity index (χ3v) is 11.6. The van der Waals surface area contributed by atoms with Crippen molar-refractivity contribution in [1.82, 2.24) is 19.8 Å². The molecule has 48 heavy (non-hydrogen) atoms. The van der Waals surface area contributed by atoms with E-state index in [9.17, 15) is 13.2 Å². The molecule has 1 aliphatic carbocycles. The molecule has 1 aromatic heterocycles. The van der Waals surface area contributed by atoms with Crippen LogP contribution in [-0.4, -0.2) is 85.6 Å². The number of hydrogen-bond donors (Lipinski definition) is 1. The van der Waals surface area contributed by atoms with E-state index < -0.39 is 10.0 Å². The first-order valence-electron chi connectivity index (χ1n) is 17.3. The summed E-state index contributed by atoms with van der Waals surface area (Å²) < 4.78 is 42.0. The minimum absolute atomic E-state index is 0.0130. The molecule has 10 nitrogen and oxygen atoms in total. The summed E-state index contributed by atoms with van der Waals surface area (Å²) in [4.78, 5) is 28.2. The van der Waals surface area contributed by atoms with Crippen molar-refractivity contribution >= 4 is 21.9 Å². The highest BCUT2D eigenvalue weighted by Gasteiger charge is 2.50. The van der Waals surface area contributed by atoms with Gasteiger partial charge in [0, 0.05) is 36.4 Å². The lowest BCUT2D eigenvalue weighted by atomic mass is 9.59. The van der Waals surface area contributed by atoms with Gasteiger partial charge in [0.2, 0.25) is 11.8 Å². The topological polar surface area (TPSA) is 114 Å². The lowest BCUT2D eigenvalue weighted by Crippen LogP contribution is -2.60. The van der Waals surface area contributed by atoms with Crippen molar-refractivity contribution in [3.63, 3.8) is 0 Å². The fourth-order valence-corrected chi connectivity index (χ4v) is 8.76. The highest BCUT2D eigenvalue weighted by atomic mass is 32.2. The van der Waals surface area contributed by atoms with E-state index in [1.54, 1.807) is 18.2 Å². The number of hydrogen-bond acceptors (Lipinski definition) is 8. The van der Waals surface area contributed by atoms with E-state index in [4.69, 9.17) is 9.47 Å². The molecule has 0 unspecified atom stereocenters. The molecule has 1 saturated heterocycles. The Balaban J connectivity index is 1.35. The fourth-order valence-electron chi connectivity index (χ4n) is 7.77. The van der Waals surface area contributed by atoms with Crippen molar-refractivity contribution in [3.05, 3.63) is 65.2 Å². The van der Waals surface area contributed by atoms with E-state index in [0.717, 1.165) is 81.6 Å². The van der Waals surface area contributed by atoms with Gasteiger partial charge in [0.15, 0.2) is 0 Å². The van der Waals surface area contributed by atoms with Crippen molar-refractivity contribution in [2.45, 2.75) is 83.7 Å². The van der Waals surface area contributed by atoms with Crippen LogP contribution in [0.4, 0.5) is 5.95 Å². The summed E-state index contributed by atoms with van der Waals surface area (Å²) in [5, 5.41) is 0. The summed E-state index contributed by atoms with van der Waals surface area (Å²) in [6.07, 6.45) is 4.81. The number of likely N-dealkylation sites (tertiary alicyclic amines) is 1. The summed E-state index contributed by atoms with van der Waals surface area (Å²) in [5.74, 6) is 0.319. The summed E-state index contributed by atoms with van der Waals surface area (Å²) in [6.45, 7) is 15.1. The van der Waals surface area contributed by atoms with E-state index in [1.807, 2.05) is 43.9 Å². The van der Waals surface area contributed by atoms with Gasteiger partial charge in [-0.15, -0.1) is 0 Å². The molecule has 3 aliphatic rings. The Bertz CT molecular complexity index is 1710. The molecule has 11 heteroatoms. The van der Waals surface area contributed by atoms with Gasteiger partial charge in [-0.2, -0.15) is 4.98 Å². The average Bonchev–Trinajstić information content (AvgIpc) is 3.03. The maximum atomic E-state index is 14.5. The molecule has 0 radical (unpaired) electrons. The molecule has 4 bridgehead atoms. The van der Waals surface area contributed by atoms with Crippen LogP contribution in [-0.2, 0) is 14.8 Å². The van der Waals surface area contributed by atoms with E-state index in [-0.39, 0.29) is 46.7 Å². The predicted molar refractivity (Wildman–Crippen MR) is 187 cm³/mol. The number of piperidine rings is 1. The van der Waals surface area contributed by atoms with Crippen LogP contribution < -0.4 is 9.46 Å². The van der Waals surface area contributed by atoms with Crippen LogP contribution in [0.5, 0.6) is 5.88 Å². The molecule has 1 saturated carbocycles. The summed E-state index contributed by atoms with van der Waals surface area (Å²) in [6, 6.07) is 13.9. The van der Waals surface area contributed by atoms with Gasteiger partial charge in [0.05, 0.1) is 23.2 Å². The van der Waals surface area contributed by atoms with Crippen LogP contribution in [0, 0.1) is 25.2 Å². The normalized spacial score (nSPS) is 21.1. The van der Waals surface area contributed by atoms with Crippen LogP contribution in [0.3, 0.4) is 0 Å². The van der Waals surface area contributed by atoms with E-state index in [2.05, 4.69) is 33.4 Å². The highest BCUT2D eigenvalue weighted by Crippen LogP contribution is 2.52. The molecule has 258 valence electrons. The van der Waals surface area contributed by atoms with Gasteiger partial charge in [-0.3, -0.25) is 4.79 Å². The number of benzene rings is 2. The monoisotopic (exact) mass is 675 g/mol.